The monoisotopic (exact) mass is 356 g/mol. The number of hydrogen-bond acceptors (Lipinski definition) is 5. The molecule has 1 N–H and O–H groups in total. The minimum atomic E-state index is 0.586. The minimum absolute atomic E-state index is 0.586. The van der Waals surface area contributed by atoms with Crippen molar-refractivity contribution in [2.45, 2.75) is 18.8 Å². The van der Waals surface area contributed by atoms with Crippen LogP contribution >= 0.6 is 0 Å². The Balaban J connectivity index is 1.57. The first-order valence-electron chi connectivity index (χ1n) is 8.95. The third kappa shape index (κ3) is 2.26. The lowest BCUT2D eigenvalue weighted by Gasteiger charge is -2.05. The Kier molecular flexibility index (Phi) is 2.83. The molecule has 1 fully saturated rings. The average molecular weight is 356 g/mol. The number of nitrogens with zero attached hydrogens (tertiary/aromatic N) is 7. The predicted octanol–water partition coefficient (Wildman–Crippen LogP) is 2.95. The number of aromatic amines is 1. The van der Waals surface area contributed by atoms with Crippen LogP contribution in [-0.4, -0.2) is 39.3 Å². The summed E-state index contributed by atoms with van der Waals surface area (Å²) < 4.78 is 3.60. The van der Waals surface area contributed by atoms with Crippen LogP contribution in [0, 0.1) is 0 Å². The van der Waals surface area contributed by atoms with Crippen molar-refractivity contribution in [3.05, 3.63) is 48.7 Å². The fraction of sp³-hybridized carbons (Fsp3) is 0.211. The maximum Gasteiger partial charge on any atom is 0.180 e. The lowest BCUT2D eigenvalue weighted by atomic mass is 10.2. The molecule has 27 heavy (non-hydrogen) atoms. The molecule has 5 heterocycles. The van der Waals surface area contributed by atoms with Gasteiger partial charge in [0.25, 0.3) is 0 Å². The van der Waals surface area contributed by atoms with Gasteiger partial charge in [0.15, 0.2) is 11.5 Å². The number of aromatic nitrogens is 8. The van der Waals surface area contributed by atoms with E-state index in [-0.39, 0.29) is 0 Å². The molecular formula is C19H16N8. The fourth-order valence-electron chi connectivity index (χ4n) is 3.51. The van der Waals surface area contributed by atoms with Gasteiger partial charge in [-0.1, -0.05) is 0 Å². The molecule has 0 atom stereocenters. The lowest BCUT2D eigenvalue weighted by Crippen LogP contribution is -1.98. The second-order valence-corrected chi connectivity index (χ2v) is 6.99. The quantitative estimate of drug-likeness (QED) is 0.537. The van der Waals surface area contributed by atoms with Gasteiger partial charge in [0, 0.05) is 42.2 Å². The van der Waals surface area contributed by atoms with E-state index >= 15 is 0 Å². The van der Waals surface area contributed by atoms with Crippen LogP contribution in [0.15, 0.2) is 43.1 Å². The van der Waals surface area contributed by atoms with Gasteiger partial charge < -0.3 is 4.98 Å². The summed E-state index contributed by atoms with van der Waals surface area (Å²) in [6.07, 6.45) is 11.9. The molecule has 0 aromatic carbocycles. The molecule has 8 nitrogen and oxygen atoms in total. The molecule has 8 heteroatoms. The van der Waals surface area contributed by atoms with Crippen LogP contribution in [0.3, 0.4) is 0 Å². The summed E-state index contributed by atoms with van der Waals surface area (Å²) in [5.41, 5.74) is 5.44. The van der Waals surface area contributed by atoms with Crippen LogP contribution < -0.4 is 0 Å². The summed E-state index contributed by atoms with van der Waals surface area (Å²) in [4.78, 5) is 17.6. The maximum absolute atomic E-state index is 4.84. The molecule has 0 bridgehead atoms. The summed E-state index contributed by atoms with van der Waals surface area (Å²) in [5.74, 6) is 1.18. The van der Waals surface area contributed by atoms with Gasteiger partial charge in [-0.25, -0.2) is 19.5 Å². The first-order chi connectivity index (χ1) is 13.3. The van der Waals surface area contributed by atoms with Crippen LogP contribution in [0.5, 0.6) is 0 Å². The van der Waals surface area contributed by atoms with E-state index in [0.29, 0.717) is 11.7 Å². The van der Waals surface area contributed by atoms with E-state index in [1.54, 1.807) is 4.68 Å². The second kappa shape index (κ2) is 5.23. The Morgan fingerprint density at radius 3 is 2.81 bits per heavy atom. The minimum Gasteiger partial charge on any atom is -0.346 e. The summed E-state index contributed by atoms with van der Waals surface area (Å²) in [7, 11) is 1.90. The van der Waals surface area contributed by atoms with Crippen molar-refractivity contribution >= 4 is 16.7 Å². The number of aryl methyl sites for hydroxylation is 1. The van der Waals surface area contributed by atoms with Crippen molar-refractivity contribution < 1.29 is 0 Å². The van der Waals surface area contributed by atoms with Gasteiger partial charge in [-0.2, -0.15) is 10.2 Å². The largest absolute Gasteiger partial charge is 0.346 e. The average Bonchev–Trinajstić information content (AvgIpc) is 3.08. The third-order valence-electron chi connectivity index (χ3n) is 5.04. The molecule has 5 aromatic rings. The highest BCUT2D eigenvalue weighted by molar-refractivity contribution is 5.91. The number of nitrogens with one attached hydrogen (secondary N) is 1. The first-order valence-corrected chi connectivity index (χ1v) is 8.95. The Morgan fingerprint density at radius 2 is 2.00 bits per heavy atom. The molecule has 0 unspecified atom stereocenters. The SMILES string of the molecule is Cn1cc(-c2nc(-c3ccn4ncc(C5CC5)c4n3)nc3[nH]ccc23)cn1. The molecule has 5 aromatic heterocycles. The standard InChI is InChI=1S/C19H16N8/c1-26-10-12(8-21-26)16-13-4-6-20-17(13)25-18(24-16)15-5-7-27-19(23-15)14(9-22-27)11-2-3-11/h4-11H,2-3H2,1H3,(H,20,24,25). The van der Waals surface area contributed by atoms with E-state index in [0.717, 1.165) is 33.6 Å². The molecule has 0 radical (unpaired) electrons. The zero-order chi connectivity index (χ0) is 18.0. The van der Waals surface area contributed by atoms with E-state index in [2.05, 4.69) is 15.2 Å². The summed E-state index contributed by atoms with van der Waals surface area (Å²) in [6, 6.07) is 3.90. The Morgan fingerprint density at radius 1 is 1.07 bits per heavy atom. The maximum atomic E-state index is 4.84. The molecule has 132 valence electrons. The van der Waals surface area contributed by atoms with Crippen molar-refractivity contribution in [3.8, 4) is 22.8 Å². The van der Waals surface area contributed by atoms with Crippen LogP contribution in [0.1, 0.15) is 24.3 Å². The van der Waals surface area contributed by atoms with Crippen molar-refractivity contribution in [1.29, 1.82) is 0 Å². The van der Waals surface area contributed by atoms with E-state index in [1.807, 2.05) is 54.7 Å². The molecule has 1 saturated carbocycles. The molecule has 0 saturated heterocycles. The highest BCUT2D eigenvalue weighted by atomic mass is 15.2. The topological polar surface area (TPSA) is 89.6 Å². The zero-order valence-electron chi connectivity index (χ0n) is 14.7. The molecule has 6 rings (SSSR count). The van der Waals surface area contributed by atoms with Gasteiger partial charge in [0.1, 0.15) is 11.3 Å². The number of H-pyrrole nitrogens is 1. The summed E-state index contributed by atoms with van der Waals surface area (Å²) in [6.45, 7) is 0. The van der Waals surface area contributed by atoms with Gasteiger partial charge in [0.05, 0.1) is 18.1 Å². The van der Waals surface area contributed by atoms with Crippen molar-refractivity contribution in [2.75, 3.05) is 0 Å². The third-order valence-corrected chi connectivity index (χ3v) is 5.04. The van der Waals surface area contributed by atoms with E-state index < -0.39 is 0 Å². The number of rotatable bonds is 3. The molecule has 1 aliphatic rings. The molecule has 0 aliphatic heterocycles. The molecular weight excluding hydrogens is 340 g/mol. The van der Waals surface area contributed by atoms with Gasteiger partial charge >= 0.3 is 0 Å². The van der Waals surface area contributed by atoms with Gasteiger partial charge in [-0.05, 0) is 30.9 Å². The second-order valence-electron chi connectivity index (χ2n) is 6.99. The summed E-state index contributed by atoms with van der Waals surface area (Å²) in [5, 5.41) is 9.67. The van der Waals surface area contributed by atoms with Crippen molar-refractivity contribution in [1.82, 2.24) is 39.3 Å². The molecule has 0 amide bonds. The van der Waals surface area contributed by atoms with E-state index in [4.69, 9.17) is 15.0 Å². The first kappa shape index (κ1) is 14.6. The van der Waals surface area contributed by atoms with Gasteiger partial charge in [-0.3, -0.25) is 4.68 Å². The highest BCUT2D eigenvalue weighted by Crippen LogP contribution is 2.41. The predicted molar refractivity (Wildman–Crippen MR) is 100 cm³/mol. The van der Waals surface area contributed by atoms with E-state index in [1.165, 1.54) is 18.4 Å². The zero-order valence-corrected chi connectivity index (χ0v) is 14.7. The number of hydrogen-bond donors (Lipinski definition) is 1. The van der Waals surface area contributed by atoms with Crippen LogP contribution in [0.25, 0.3) is 39.5 Å². The number of fused-ring (bicyclic) bond motifs is 2. The highest BCUT2D eigenvalue weighted by Gasteiger charge is 2.27. The van der Waals surface area contributed by atoms with Crippen LogP contribution in [0.4, 0.5) is 0 Å². The van der Waals surface area contributed by atoms with E-state index in [9.17, 15) is 0 Å². The summed E-state index contributed by atoms with van der Waals surface area (Å²) >= 11 is 0. The van der Waals surface area contributed by atoms with Crippen LogP contribution in [0.2, 0.25) is 0 Å². The van der Waals surface area contributed by atoms with Crippen molar-refractivity contribution in [2.24, 2.45) is 7.05 Å². The Bertz CT molecular complexity index is 1300. The molecule has 1 aliphatic carbocycles. The normalized spacial score (nSPS) is 14.4. The molecule has 0 spiro atoms. The van der Waals surface area contributed by atoms with Crippen LogP contribution in [-0.2, 0) is 7.05 Å². The lowest BCUT2D eigenvalue weighted by molar-refractivity contribution is 0.768. The Hall–Kier alpha value is -3.55. The Labute approximate surface area is 153 Å². The smallest absolute Gasteiger partial charge is 0.180 e. The van der Waals surface area contributed by atoms with Gasteiger partial charge in [0.2, 0.25) is 0 Å². The van der Waals surface area contributed by atoms with Crippen molar-refractivity contribution in [3.63, 3.8) is 0 Å². The van der Waals surface area contributed by atoms with Gasteiger partial charge in [-0.15, -0.1) is 0 Å². The fourth-order valence-corrected chi connectivity index (χ4v) is 3.51.